The first kappa shape index (κ1) is 32.8. The summed E-state index contributed by atoms with van der Waals surface area (Å²) in [5.41, 5.74) is 0. The summed E-state index contributed by atoms with van der Waals surface area (Å²) < 4.78 is 21.1. The topological polar surface area (TPSA) is 130 Å². The molecule has 0 aliphatic carbocycles. The molecule has 20 heavy (non-hydrogen) atoms. The summed E-state index contributed by atoms with van der Waals surface area (Å²) in [7, 11) is -9.67. The zero-order chi connectivity index (χ0) is 13.5. The summed E-state index contributed by atoms with van der Waals surface area (Å²) >= 11 is 0. The van der Waals surface area contributed by atoms with Crippen LogP contribution in [0.15, 0.2) is 0 Å². The third-order valence-corrected chi connectivity index (χ3v) is 3.57. The first-order chi connectivity index (χ1) is 7.64. The van der Waals surface area contributed by atoms with E-state index in [-0.39, 0.29) is 161 Å². The summed E-state index contributed by atoms with van der Waals surface area (Å²) in [6.07, 6.45) is 1.46. The van der Waals surface area contributed by atoms with Gasteiger partial charge in [-0.2, -0.15) is 0 Å². The maximum atomic E-state index is 10.6. The minimum absolute atomic E-state index is 0. The van der Waals surface area contributed by atoms with Crippen LogP contribution in [0.5, 0.6) is 0 Å². The SMILES string of the molecule is CCCCCCN(CP(=O)([O-])[O-])CP(=O)([O-])[O-].[K+].[K+].[K+]. The van der Waals surface area contributed by atoms with E-state index in [2.05, 4.69) is 0 Å². The number of hydrogen-bond donors (Lipinski definition) is 0. The third kappa shape index (κ3) is 25.4. The molecule has 0 saturated carbocycles. The monoisotopic (exact) mass is 402 g/mol. The van der Waals surface area contributed by atoms with E-state index in [1.807, 2.05) is 6.92 Å². The van der Waals surface area contributed by atoms with Crippen molar-refractivity contribution in [2.45, 2.75) is 32.6 Å². The molecule has 0 aromatic carbocycles. The molecule has 0 radical (unpaired) electrons. The van der Waals surface area contributed by atoms with Crippen molar-refractivity contribution in [2.75, 3.05) is 19.1 Å². The Bertz CT molecular complexity index is 287. The van der Waals surface area contributed by atoms with Gasteiger partial charge in [0.1, 0.15) is 0 Å². The number of rotatable bonds is 9. The van der Waals surface area contributed by atoms with Crippen molar-refractivity contribution >= 4 is 15.2 Å². The molecule has 0 fully saturated rings. The molecule has 0 atom stereocenters. The van der Waals surface area contributed by atoms with Crippen LogP contribution in [-0.4, -0.2) is 24.0 Å². The van der Waals surface area contributed by atoms with Gasteiger partial charge in [-0.3, -0.25) is 4.90 Å². The minimum atomic E-state index is -4.84. The molecule has 7 nitrogen and oxygen atoms in total. The van der Waals surface area contributed by atoms with E-state index in [1.54, 1.807) is 0 Å². The van der Waals surface area contributed by atoms with Crippen molar-refractivity contribution < 1.29 is 183 Å². The van der Waals surface area contributed by atoms with Gasteiger partial charge in [-0.05, 0) is 13.0 Å². The number of unbranched alkanes of at least 4 members (excludes halogenated alkanes) is 3. The molecule has 12 heteroatoms. The van der Waals surface area contributed by atoms with Crippen LogP contribution in [-0.2, 0) is 9.13 Å². The first-order valence-electron chi connectivity index (χ1n) is 5.38. The Morgan fingerprint density at radius 1 is 0.800 bits per heavy atom. The van der Waals surface area contributed by atoms with Crippen molar-refractivity contribution in [3.05, 3.63) is 0 Å². The van der Waals surface area contributed by atoms with Crippen molar-refractivity contribution in [3.8, 4) is 0 Å². The standard InChI is InChI=1S/C8H21NO6P2.3K/c1-2-3-4-5-6-9(7-16(10,11)12)8-17(13,14)15;;;/h2-8H2,1H3,(H2,10,11,12)(H2,13,14,15);;;/q;3*+1/p-4. The Balaban J connectivity index is -0.000000427. The molecule has 0 bridgehead atoms. The second kappa shape index (κ2) is 17.6. The average molecular weight is 402 g/mol. The predicted molar refractivity (Wildman–Crippen MR) is 55.8 cm³/mol. The molecule has 0 aromatic heterocycles. The summed E-state index contributed by atoms with van der Waals surface area (Å²) in [5, 5.41) is 0. The smallest absolute Gasteiger partial charge is 0.810 e. The maximum Gasteiger partial charge on any atom is 1.00 e. The van der Waals surface area contributed by atoms with Gasteiger partial charge < -0.3 is 28.7 Å². The molecule has 0 N–H and O–H groups in total. The molecule has 0 unspecified atom stereocenters. The molecule has 0 amide bonds. The van der Waals surface area contributed by atoms with Crippen LogP contribution in [0.1, 0.15) is 32.6 Å². The van der Waals surface area contributed by atoms with Gasteiger partial charge in [0.05, 0.1) is 0 Å². The van der Waals surface area contributed by atoms with E-state index in [4.69, 9.17) is 0 Å². The summed E-state index contributed by atoms with van der Waals surface area (Å²) in [6.45, 7) is 2.12. The fraction of sp³-hybridized carbons (Fsp3) is 1.00. The molecular formula is C8H17K3NO6P2-. The maximum absolute atomic E-state index is 10.6. The van der Waals surface area contributed by atoms with Gasteiger partial charge in [0.25, 0.3) is 0 Å². The summed E-state index contributed by atoms with van der Waals surface area (Å²) in [5.74, 6) is 0. The van der Waals surface area contributed by atoms with Gasteiger partial charge in [-0.1, -0.05) is 41.4 Å². The Hall–Kier alpha value is 5.17. The zero-order valence-corrected chi connectivity index (χ0v) is 23.9. The molecule has 104 valence electrons. The Kier molecular flexibility index (Phi) is 28.8. The molecule has 0 heterocycles. The minimum Gasteiger partial charge on any atom is -0.810 e. The van der Waals surface area contributed by atoms with Crippen molar-refractivity contribution in [1.82, 2.24) is 4.90 Å². The zero-order valence-electron chi connectivity index (χ0n) is 12.7. The molecule has 0 aliphatic rings. The molecule has 0 rings (SSSR count). The number of hydrogen-bond acceptors (Lipinski definition) is 7. The van der Waals surface area contributed by atoms with Crippen LogP contribution < -0.4 is 174 Å². The predicted octanol–water partition coefficient (Wildman–Crippen LogP) is -10.4. The Labute approximate surface area is 248 Å². The largest absolute Gasteiger partial charge is 1.00 e. The van der Waals surface area contributed by atoms with Crippen LogP contribution in [0.3, 0.4) is 0 Å². The van der Waals surface area contributed by atoms with Crippen molar-refractivity contribution in [1.29, 1.82) is 0 Å². The van der Waals surface area contributed by atoms with Crippen LogP contribution in [0.2, 0.25) is 0 Å². The van der Waals surface area contributed by atoms with Gasteiger partial charge >= 0.3 is 154 Å². The van der Waals surface area contributed by atoms with Gasteiger partial charge in [0.15, 0.2) is 0 Å². The van der Waals surface area contributed by atoms with E-state index in [0.29, 0.717) is 6.42 Å². The van der Waals surface area contributed by atoms with Gasteiger partial charge in [0, 0.05) is 12.6 Å². The van der Waals surface area contributed by atoms with Crippen LogP contribution in [0.4, 0.5) is 0 Å². The van der Waals surface area contributed by atoms with Crippen molar-refractivity contribution in [2.24, 2.45) is 0 Å². The molecule has 0 aromatic rings. The van der Waals surface area contributed by atoms with E-state index in [0.717, 1.165) is 24.2 Å². The van der Waals surface area contributed by atoms with E-state index >= 15 is 0 Å². The molecule has 0 spiro atoms. The van der Waals surface area contributed by atoms with E-state index in [1.165, 1.54) is 0 Å². The fourth-order valence-corrected chi connectivity index (χ4v) is 3.06. The van der Waals surface area contributed by atoms with Crippen LogP contribution >= 0.6 is 15.2 Å². The molecule has 0 saturated heterocycles. The first-order valence-corrected chi connectivity index (χ1v) is 8.84. The fourth-order valence-electron chi connectivity index (χ4n) is 1.44. The Morgan fingerprint density at radius 3 is 1.50 bits per heavy atom. The number of nitrogens with zero attached hydrogens (tertiary/aromatic N) is 1. The third-order valence-electron chi connectivity index (χ3n) is 2.07. The van der Waals surface area contributed by atoms with Crippen LogP contribution in [0.25, 0.3) is 0 Å². The summed E-state index contributed by atoms with van der Waals surface area (Å²) in [4.78, 5) is 43.1. The molecular weight excluding hydrogens is 385 g/mol. The molecule has 0 aliphatic heterocycles. The average Bonchev–Trinajstić information content (AvgIpc) is 2.06. The quantitative estimate of drug-likeness (QED) is 0.213. The van der Waals surface area contributed by atoms with Gasteiger partial charge in [-0.25, -0.2) is 0 Å². The second-order valence-electron chi connectivity index (χ2n) is 3.96. The second-order valence-corrected chi connectivity index (χ2v) is 6.97. The van der Waals surface area contributed by atoms with E-state index in [9.17, 15) is 28.7 Å². The van der Waals surface area contributed by atoms with Gasteiger partial charge in [-0.15, -0.1) is 0 Å². The summed E-state index contributed by atoms with van der Waals surface area (Å²) in [6, 6.07) is 0. The van der Waals surface area contributed by atoms with Gasteiger partial charge in [0.2, 0.25) is 0 Å². The normalized spacial score (nSPS) is 11.3. The van der Waals surface area contributed by atoms with Crippen LogP contribution in [0, 0.1) is 0 Å². The Morgan fingerprint density at radius 2 is 1.20 bits per heavy atom. The van der Waals surface area contributed by atoms with Crippen molar-refractivity contribution in [3.63, 3.8) is 0 Å². The van der Waals surface area contributed by atoms with E-state index < -0.39 is 27.8 Å².